The van der Waals surface area contributed by atoms with Gasteiger partial charge in [-0.05, 0) is 36.3 Å². The van der Waals surface area contributed by atoms with Crippen molar-refractivity contribution in [2.75, 3.05) is 11.9 Å². The molecule has 0 saturated carbocycles. The standard InChI is InChI=1S/C13H20N2/c1-4-10-11(9(2)3)8-15-12-6-5-7-14-13(10)12/h8-9,14H,4-7H2,1-3H3. The second kappa shape index (κ2) is 4.21. The lowest BCUT2D eigenvalue weighted by molar-refractivity contribution is 0.773. The molecular weight excluding hydrogens is 184 g/mol. The number of hydrogen-bond donors (Lipinski definition) is 1. The first kappa shape index (κ1) is 10.5. The predicted octanol–water partition coefficient (Wildman–Crippen LogP) is 3.13. The summed E-state index contributed by atoms with van der Waals surface area (Å²) in [6, 6.07) is 0. The third-order valence-corrected chi connectivity index (χ3v) is 3.17. The van der Waals surface area contributed by atoms with Gasteiger partial charge in [0.1, 0.15) is 0 Å². The van der Waals surface area contributed by atoms with Gasteiger partial charge in [0.15, 0.2) is 0 Å². The monoisotopic (exact) mass is 204 g/mol. The molecule has 15 heavy (non-hydrogen) atoms. The molecular formula is C13H20N2. The molecule has 0 unspecified atom stereocenters. The van der Waals surface area contributed by atoms with Crippen LogP contribution in [-0.2, 0) is 12.8 Å². The van der Waals surface area contributed by atoms with Crippen molar-refractivity contribution in [3.05, 3.63) is 23.0 Å². The van der Waals surface area contributed by atoms with Gasteiger partial charge in [-0.3, -0.25) is 4.98 Å². The summed E-state index contributed by atoms with van der Waals surface area (Å²) in [5, 5.41) is 3.51. The van der Waals surface area contributed by atoms with E-state index < -0.39 is 0 Å². The van der Waals surface area contributed by atoms with Gasteiger partial charge >= 0.3 is 0 Å². The molecule has 0 atom stereocenters. The second-order valence-electron chi connectivity index (χ2n) is 4.55. The Morgan fingerprint density at radius 1 is 1.47 bits per heavy atom. The van der Waals surface area contributed by atoms with Crippen LogP contribution in [-0.4, -0.2) is 11.5 Å². The van der Waals surface area contributed by atoms with Crippen LogP contribution in [0.4, 0.5) is 5.69 Å². The average molecular weight is 204 g/mol. The zero-order valence-corrected chi connectivity index (χ0v) is 9.93. The van der Waals surface area contributed by atoms with Gasteiger partial charge in [0.2, 0.25) is 0 Å². The smallest absolute Gasteiger partial charge is 0.0638 e. The van der Waals surface area contributed by atoms with Crippen LogP contribution in [0.3, 0.4) is 0 Å². The molecule has 82 valence electrons. The fourth-order valence-corrected chi connectivity index (χ4v) is 2.35. The lowest BCUT2D eigenvalue weighted by atomic mass is 9.93. The van der Waals surface area contributed by atoms with Crippen molar-refractivity contribution >= 4 is 5.69 Å². The van der Waals surface area contributed by atoms with Gasteiger partial charge in [-0.1, -0.05) is 20.8 Å². The molecule has 2 rings (SSSR count). The maximum atomic E-state index is 4.59. The van der Waals surface area contributed by atoms with Crippen LogP contribution in [0.2, 0.25) is 0 Å². The van der Waals surface area contributed by atoms with Crippen molar-refractivity contribution in [3.63, 3.8) is 0 Å². The van der Waals surface area contributed by atoms with Crippen LogP contribution in [0, 0.1) is 0 Å². The first-order valence-electron chi connectivity index (χ1n) is 5.98. The first-order chi connectivity index (χ1) is 7.24. The summed E-state index contributed by atoms with van der Waals surface area (Å²) in [5.74, 6) is 0.571. The highest BCUT2D eigenvalue weighted by Gasteiger charge is 2.17. The van der Waals surface area contributed by atoms with Gasteiger partial charge in [0.25, 0.3) is 0 Å². The lowest BCUT2D eigenvalue weighted by Crippen LogP contribution is -2.16. The normalized spacial score (nSPS) is 14.9. The number of nitrogens with one attached hydrogen (secondary N) is 1. The average Bonchev–Trinajstić information content (AvgIpc) is 2.27. The second-order valence-corrected chi connectivity index (χ2v) is 4.55. The number of fused-ring (bicyclic) bond motifs is 1. The van der Waals surface area contributed by atoms with Crippen LogP contribution in [0.15, 0.2) is 6.20 Å². The van der Waals surface area contributed by atoms with E-state index in [4.69, 9.17) is 0 Å². The summed E-state index contributed by atoms with van der Waals surface area (Å²) >= 11 is 0. The van der Waals surface area contributed by atoms with E-state index in [0.29, 0.717) is 5.92 Å². The Balaban J connectivity index is 2.51. The topological polar surface area (TPSA) is 24.9 Å². The molecule has 2 heteroatoms. The molecule has 0 amide bonds. The van der Waals surface area contributed by atoms with E-state index in [1.165, 1.54) is 28.9 Å². The molecule has 0 saturated heterocycles. The summed E-state index contributed by atoms with van der Waals surface area (Å²) in [4.78, 5) is 4.59. The Labute approximate surface area is 92.1 Å². The van der Waals surface area contributed by atoms with Crippen LogP contribution in [0.5, 0.6) is 0 Å². The zero-order valence-electron chi connectivity index (χ0n) is 9.93. The van der Waals surface area contributed by atoms with Crippen LogP contribution < -0.4 is 5.32 Å². The van der Waals surface area contributed by atoms with Crippen molar-refractivity contribution in [3.8, 4) is 0 Å². The minimum Gasteiger partial charge on any atom is -0.383 e. The summed E-state index contributed by atoms with van der Waals surface area (Å²) in [6.07, 6.45) is 5.53. The lowest BCUT2D eigenvalue weighted by Gasteiger charge is -2.23. The molecule has 1 aliphatic heterocycles. The fourth-order valence-electron chi connectivity index (χ4n) is 2.35. The van der Waals surface area contributed by atoms with E-state index in [-0.39, 0.29) is 0 Å². The molecule has 1 N–H and O–H groups in total. The highest BCUT2D eigenvalue weighted by molar-refractivity contribution is 5.59. The number of hydrogen-bond acceptors (Lipinski definition) is 2. The van der Waals surface area contributed by atoms with Crippen molar-refractivity contribution in [2.24, 2.45) is 0 Å². The molecule has 0 fully saturated rings. The quantitative estimate of drug-likeness (QED) is 0.800. The summed E-state index contributed by atoms with van der Waals surface area (Å²) < 4.78 is 0. The summed E-state index contributed by atoms with van der Waals surface area (Å²) in [5.41, 5.74) is 5.48. The highest BCUT2D eigenvalue weighted by Crippen LogP contribution is 2.30. The number of aryl methyl sites for hydroxylation is 1. The minimum atomic E-state index is 0.571. The number of anilines is 1. The number of pyridine rings is 1. The van der Waals surface area contributed by atoms with E-state index in [1.807, 2.05) is 0 Å². The zero-order chi connectivity index (χ0) is 10.8. The van der Waals surface area contributed by atoms with Crippen LogP contribution >= 0.6 is 0 Å². The first-order valence-corrected chi connectivity index (χ1v) is 5.98. The fraction of sp³-hybridized carbons (Fsp3) is 0.615. The van der Waals surface area contributed by atoms with Crippen molar-refractivity contribution in [2.45, 2.75) is 46.0 Å². The van der Waals surface area contributed by atoms with Crippen LogP contribution in [0.25, 0.3) is 0 Å². The third kappa shape index (κ3) is 1.85. The Bertz CT molecular complexity index is 356. The van der Waals surface area contributed by atoms with Gasteiger partial charge in [0, 0.05) is 12.7 Å². The van der Waals surface area contributed by atoms with Gasteiger partial charge in [-0.15, -0.1) is 0 Å². The van der Waals surface area contributed by atoms with E-state index in [0.717, 1.165) is 19.4 Å². The van der Waals surface area contributed by atoms with E-state index in [9.17, 15) is 0 Å². The van der Waals surface area contributed by atoms with Crippen LogP contribution in [0.1, 0.15) is 49.9 Å². The Kier molecular flexibility index (Phi) is 2.94. The number of nitrogens with zero attached hydrogens (tertiary/aromatic N) is 1. The summed E-state index contributed by atoms with van der Waals surface area (Å²) in [7, 11) is 0. The van der Waals surface area contributed by atoms with Crippen molar-refractivity contribution in [1.29, 1.82) is 0 Å². The Morgan fingerprint density at radius 3 is 2.93 bits per heavy atom. The van der Waals surface area contributed by atoms with Gasteiger partial charge < -0.3 is 5.32 Å². The molecule has 0 bridgehead atoms. The van der Waals surface area contributed by atoms with Gasteiger partial charge in [0.05, 0.1) is 11.4 Å². The Morgan fingerprint density at radius 2 is 2.27 bits per heavy atom. The number of rotatable bonds is 2. The molecule has 1 aromatic rings. The van der Waals surface area contributed by atoms with Crippen molar-refractivity contribution < 1.29 is 0 Å². The SMILES string of the molecule is CCc1c(C(C)C)cnc2c1NCCC2. The predicted molar refractivity (Wildman–Crippen MR) is 64.5 cm³/mol. The molecule has 2 heterocycles. The maximum absolute atomic E-state index is 4.59. The minimum absolute atomic E-state index is 0.571. The maximum Gasteiger partial charge on any atom is 0.0638 e. The van der Waals surface area contributed by atoms with Crippen molar-refractivity contribution in [1.82, 2.24) is 4.98 Å². The summed E-state index contributed by atoms with van der Waals surface area (Å²) in [6.45, 7) is 7.82. The third-order valence-electron chi connectivity index (χ3n) is 3.17. The molecule has 1 aliphatic rings. The van der Waals surface area contributed by atoms with E-state index in [1.54, 1.807) is 0 Å². The molecule has 0 aromatic carbocycles. The van der Waals surface area contributed by atoms with Gasteiger partial charge in [-0.2, -0.15) is 0 Å². The highest BCUT2D eigenvalue weighted by atomic mass is 14.9. The molecule has 2 nitrogen and oxygen atoms in total. The van der Waals surface area contributed by atoms with Gasteiger partial charge in [-0.25, -0.2) is 0 Å². The largest absolute Gasteiger partial charge is 0.383 e. The van der Waals surface area contributed by atoms with E-state index >= 15 is 0 Å². The Hall–Kier alpha value is -1.05. The molecule has 0 aliphatic carbocycles. The molecule has 0 radical (unpaired) electrons. The molecule has 0 spiro atoms. The number of aromatic nitrogens is 1. The molecule has 1 aromatic heterocycles. The van der Waals surface area contributed by atoms with E-state index in [2.05, 4.69) is 37.3 Å².